The molecule has 0 amide bonds. The molecule has 2 N–H and O–H groups in total. The third-order valence-corrected chi connectivity index (χ3v) is 2.60. The lowest BCUT2D eigenvalue weighted by Gasteiger charge is -2.06. The number of nitrogens with zero attached hydrogens (tertiary/aromatic N) is 3. The fourth-order valence-electron chi connectivity index (χ4n) is 1.58. The molecule has 0 radical (unpaired) electrons. The van der Waals surface area contributed by atoms with Gasteiger partial charge in [-0.3, -0.25) is 4.98 Å². The number of rotatable bonds is 5. The smallest absolute Gasteiger partial charge is 0.335 e. The molecule has 2 aromatic heterocycles. The summed E-state index contributed by atoms with van der Waals surface area (Å²) in [6.45, 7) is 2.44. The van der Waals surface area contributed by atoms with Crippen LogP contribution in [0.5, 0.6) is 0 Å². The highest BCUT2D eigenvalue weighted by atomic mass is 16.4. The maximum Gasteiger partial charge on any atom is 0.335 e. The van der Waals surface area contributed by atoms with Gasteiger partial charge in [0.2, 0.25) is 0 Å². The largest absolute Gasteiger partial charge is 0.478 e. The maximum atomic E-state index is 10.8. The van der Waals surface area contributed by atoms with Crippen LogP contribution in [0.25, 0.3) is 0 Å². The van der Waals surface area contributed by atoms with Gasteiger partial charge in [-0.25, -0.2) is 14.8 Å². The predicted octanol–water partition coefficient (Wildman–Crippen LogP) is 1.74. The minimum atomic E-state index is -0.959. The van der Waals surface area contributed by atoms with Crippen molar-refractivity contribution < 1.29 is 9.90 Å². The first-order valence-corrected chi connectivity index (χ1v) is 5.92. The van der Waals surface area contributed by atoms with Crippen LogP contribution in [0.2, 0.25) is 0 Å². The number of aromatic nitrogens is 3. The molecule has 2 rings (SSSR count). The summed E-state index contributed by atoms with van der Waals surface area (Å²) in [5, 5.41) is 12.0. The van der Waals surface area contributed by atoms with Crippen molar-refractivity contribution in [2.45, 2.75) is 19.9 Å². The van der Waals surface area contributed by atoms with E-state index in [0.717, 1.165) is 12.1 Å². The zero-order valence-corrected chi connectivity index (χ0v) is 10.5. The van der Waals surface area contributed by atoms with Crippen LogP contribution in [0.1, 0.15) is 28.7 Å². The van der Waals surface area contributed by atoms with E-state index in [4.69, 9.17) is 5.11 Å². The summed E-state index contributed by atoms with van der Waals surface area (Å²) in [5.74, 6) is -0.256. The predicted molar refractivity (Wildman–Crippen MR) is 69.9 cm³/mol. The number of aryl methyl sites for hydroxylation is 1. The molecule has 0 atom stereocenters. The summed E-state index contributed by atoms with van der Waals surface area (Å²) in [4.78, 5) is 23.2. The molecule has 0 aliphatic rings. The minimum absolute atomic E-state index is 0.226. The Morgan fingerprint density at radius 3 is 2.84 bits per heavy atom. The number of nitrogens with one attached hydrogen (secondary N) is 1. The summed E-state index contributed by atoms with van der Waals surface area (Å²) in [6, 6.07) is 4.87. The molecule has 2 heterocycles. The fraction of sp³-hybridized carbons (Fsp3) is 0.231. The van der Waals surface area contributed by atoms with Crippen molar-refractivity contribution in [3.63, 3.8) is 0 Å². The molecule has 0 fully saturated rings. The van der Waals surface area contributed by atoms with Crippen molar-refractivity contribution >= 4 is 11.8 Å². The standard InChI is InChI=1S/C13H14N4O2/c1-2-10-6-12(17-8-16-10)15-7-11-5-9(13(18)19)3-4-14-11/h3-6,8H,2,7H2,1H3,(H,18,19)(H,15,16,17). The lowest BCUT2D eigenvalue weighted by Crippen LogP contribution is -2.06. The van der Waals surface area contributed by atoms with Gasteiger partial charge in [-0.2, -0.15) is 0 Å². The average molecular weight is 258 g/mol. The van der Waals surface area contributed by atoms with E-state index >= 15 is 0 Å². The lowest BCUT2D eigenvalue weighted by atomic mass is 10.2. The Balaban J connectivity index is 2.05. The Morgan fingerprint density at radius 1 is 1.26 bits per heavy atom. The molecule has 0 unspecified atom stereocenters. The summed E-state index contributed by atoms with van der Waals surface area (Å²) in [6.07, 6.45) is 3.82. The van der Waals surface area contributed by atoms with E-state index in [0.29, 0.717) is 18.1 Å². The quantitative estimate of drug-likeness (QED) is 0.849. The molecular weight excluding hydrogens is 244 g/mol. The van der Waals surface area contributed by atoms with Crippen molar-refractivity contribution in [1.29, 1.82) is 0 Å². The van der Waals surface area contributed by atoms with Crippen LogP contribution in [0.3, 0.4) is 0 Å². The van der Waals surface area contributed by atoms with Gasteiger partial charge in [0, 0.05) is 18.0 Å². The SMILES string of the molecule is CCc1cc(NCc2cc(C(=O)O)ccn2)ncn1. The first-order valence-electron chi connectivity index (χ1n) is 5.92. The Morgan fingerprint density at radius 2 is 2.11 bits per heavy atom. The number of carbonyl (C=O) groups is 1. The molecule has 0 bridgehead atoms. The topological polar surface area (TPSA) is 88.0 Å². The van der Waals surface area contributed by atoms with E-state index in [1.165, 1.54) is 24.7 Å². The Hall–Kier alpha value is -2.50. The molecule has 0 saturated carbocycles. The molecule has 0 saturated heterocycles. The molecule has 6 nitrogen and oxygen atoms in total. The number of carboxylic acids is 1. The van der Waals surface area contributed by atoms with Gasteiger partial charge in [-0.15, -0.1) is 0 Å². The number of hydrogen-bond acceptors (Lipinski definition) is 5. The maximum absolute atomic E-state index is 10.8. The number of anilines is 1. The van der Waals surface area contributed by atoms with Gasteiger partial charge in [-0.1, -0.05) is 6.92 Å². The first kappa shape index (κ1) is 12.9. The van der Waals surface area contributed by atoms with Crippen LogP contribution in [0.15, 0.2) is 30.7 Å². The van der Waals surface area contributed by atoms with Crippen molar-refractivity contribution in [1.82, 2.24) is 15.0 Å². The fourth-order valence-corrected chi connectivity index (χ4v) is 1.58. The van der Waals surface area contributed by atoms with Gasteiger partial charge >= 0.3 is 5.97 Å². The second kappa shape index (κ2) is 5.90. The molecule has 0 spiro atoms. The highest BCUT2D eigenvalue weighted by Crippen LogP contribution is 2.07. The summed E-state index contributed by atoms with van der Waals surface area (Å²) >= 11 is 0. The molecule has 0 aromatic carbocycles. The summed E-state index contributed by atoms with van der Waals surface area (Å²) in [5.41, 5.74) is 1.82. The Bertz CT molecular complexity index is 586. The zero-order valence-electron chi connectivity index (χ0n) is 10.5. The van der Waals surface area contributed by atoms with Crippen molar-refractivity contribution in [3.05, 3.63) is 47.7 Å². The zero-order chi connectivity index (χ0) is 13.7. The first-order chi connectivity index (χ1) is 9.19. The van der Waals surface area contributed by atoms with Crippen LogP contribution in [0.4, 0.5) is 5.82 Å². The van der Waals surface area contributed by atoms with E-state index in [1.54, 1.807) is 0 Å². The molecule has 6 heteroatoms. The molecule has 0 aliphatic carbocycles. The van der Waals surface area contributed by atoms with Gasteiger partial charge in [0.1, 0.15) is 12.1 Å². The van der Waals surface area contributed by atoms with Crippen LogP contribution in [-0.4, -0.2) is 26.0 Å². The third-order valence-electron chi connectivity index (χ3n) is 2.60. The van der Waals surface area contributed by atoms with Gasteiger partial charge in [-0.05, 0) is 18.6 Å². The molecule has 2 aromatic rings. The molecule has 98 valence electrons. The van der Waals surface area contributed by atoms with Crippen LogP contribution >= 0.6 is 0 Å². The van der Waals surface area contributed by atoms with Crippen molar-refractivity contribution in [3.8, 4) is 0 Å². The lowest BCUT2D eigenvalue weighted by molar-refractivity contribution is 0.0696. The third kappa shape index (κ3) is 3.48. The highest BCUT2D eigenvalue weighted by molar-refractivity contribution is 5.87. The Labute approximate surface area is 110 Å². The molecule has 19 heavy (non-hydrogen) atoms. The summed E-state index contributed by atoms with van der Waals surface area (Å²) in [7, 11) is 0. The number of hydrogen-bond donors (Lipinski definition) is 2. The van der Waals surface area contributed by atoms with Gasteiger partial charge in [0.15, 0.2) is 0 Å². The van der Waals surface area contributed by atoms with Gasteiger partial charge in [0.25, 0.3) is 0 Å². The number of carboxylic acid groups (broad SMARTS) is 1. The minimum Gasteiger partial charge on any atom is -0.478 e. The van der Waals surface area contributed by atoms with Crippen molar-refractivity contribution in [2.75, 3.05) is 5.32 Å². The van der Waals surface area contributed by atoms with E-state index in [-0.39, 0.29) is 5.56 Å². The van der Waals surface area contributed by atoms with Crippen LogP contribution in [0, 0.1) is 0 Å². The van der Waals surface area contributed by atoms with Gasteiger partial charge < -0.3 is 10.4 Å². The van der Waals surface area contributed by atoms with Crippen molar-refractivity contribution in [2.24, 2.45) is 0 Å². The monoisotopic (exact) mass is 258 g/mol. The van der Waals surface area contributed by atoms with Crippen LogP contribution in [-0.2, 0) is 13.0 Å². The van der Waals surface area contributed by atoms with E-state index in [1.807, 2.05) is 13.0 Å². The molecule has 0 aliphatic heterocycles. The van der Waals surface area contributed by atoms with E-state index in [2.05, 4.69) is 20.3 Å². The normalized spacial score (nSPS) is 10.2. The highest BCUT2D eigenvalue weighted by Gasteiger charge is 2.04. The number of pyridine rings is 1. The van der Waals surface area contributed by atoms with E-state index in [9.17, 15) is 4.79 Å². The van der Waals surface area contributed by atoms with Gasteiger partial charge in [0.05, 0.1) is 17.8 Å². The Kier molecular flexibility index (Phi) is 4.02. The average Bonchev–Trinajstić information content (AvgIpc) is 2.45. The number of aromatic carboxylic acids is 1. The van der Waals surface area contributed by atoms with Crippen LogP contribution < -0.4 is 5.32 Å². The van der Waals surface area contributed by atoms with E-state index < -0.39 is 5.97 Å². The molecular formula is C13H14N4O2. The second-order valence-corrected chi connectivity index (χ2v) is 3.94. The summed E-state index contributed by atoms with van der Waals surface area (Å²) < 4.78 is 0. The second-order valence-electron chi connectivity index (χ2n) is 3.94.